The summed E-state index contributed by atoms with van der Waals surface area (Å²) < 4.78 is 40.4. The maximum absolute atomic E-state index is 12.9. The van der Waals surface area contributed by atoms with Gasteiger partial charge in [-0.05, 0) is 25.1 Å². The Morgan fingerprint density at radius 1 is 1.17 bits per heavy atom. The molecular formula is C20H13ClF3N3OS. The zero-order valence-corrected chi connectivity index (χ0v) is 16.5. The number of benzene rings is 2. The maximum Gasteiger partial charge on any atom is 0.416 e. The number of nitrogens with zero attached hydrogens (tertiary/aromatic N) is 2. The first-order valence-electron chi connectivity index (χ1n) is 8.44. The van der Waals surface area contributed by atoms with E-state index in [4.69, 9.17) is 11.6 Å². The maximum atomic E-state index is 12.9. The van der Waals surface area contributed by atoms with Crippen LogP contribution in [-0.4, -0.2) is 15.3 Å². The van der Waals surface area contributed by atoms with Gasteiger partial charge in [0.25, 0.3) is 5.91 Å². The molecular weight excluding hydrogens is 423 g/mol. The van der Waals surface area contributed by atoms with Crippen LogP contribution in [0.3, 0.4) is 0 Å². The molecule has 4 aromatic rings. The number of carbonyl (C=O) groups excluding carboxylic acids is 1. The minimum Gasteiger partial charge on any atom is -0.319 e. The summed E-state index contributed by atoms with van der Waals surface area (Å²) in [5.41, 5.74) is 1.97. The zero-order chi connectivity index (χ0) is 20.8. The van der Waals surface area contributed by atoms with Crippen molar-refractivity contribution in [2.45, 2.75) is 13.1 Å². The summed E-state index contributed by atoms with van der Waals surface area (Å²) in [7, 11) is 0. The van der Waals surface area contributed by atoms with Crippen molar-refractivity contribution in [1.82, 2.24) is 9.38 Å². The van der Waals surface area contributed by atoms with Crippen molar-refractivity contribution in [3.63, 3.8) is 0 Å². The number of amides is 1. The molecule has 1 amide bonds. The van der Waals surface area contributed by atoms with E-state index in [1.807, 2.05) is 31.2 Å². The summed E-state index contributed by atoms with van der Waals surface area (Å²) in [5.74, 6) is -0.578. The van der Waals surface area contributed by atoms with Crippen molar-refractivity contribution in [1.29, 1.82) is 0 Å². The van der Waals surface area contributed by atoms with Crippen LogP contribution in [0.4, 0.5) is 18.9 Å². The van der Waals surface area contributed by atoms with Crippen molar-refractivity contribution in [3.8, 4) is 11.3 Å². The lowest BCUT2D eigenvalue weighted by atomic mass is 10.1. The summed E-state index contributed by atoms with van der Waals surface area (Å²) in [6.45, 7) is 1.98. The SMILES string of the molecule is Cc1ccc(-c2cn3c(C(=O)Nc4cc(C(F)(F)F)ccc4Cl)csc3n2)cc1. The molecule has 0 atom stereocenters. The smallest absolute Gasteiger partial charge is 0.319 e. The molecule has 4 rings (SSSR count). The van der Waals surface area contributed by atoms with E-state index in [9.17, 15) is 18.0 Å². The molecule has 0 aliphatic carbocycles. The zero-order valence-electron chi connectivity index (χ0n) is 14.9. The predicted molar refractivity (Wildman–Crippen MR) is 108 cm³/mol. The van der Waals surface area contributed by atoms with Crippen LogP contribution in [0.2, 0.25) is 5.02 Å². The highest BCUT2D eigenvalue weighted by molar-refractivity contribution is 7.15. The monoisotopic (exact) mass is 435 g/mol. The fourth-order valence-corrected chi connectivity index (χ4v) is 3.81. The van der Waals surface area contributed by atoms with E-state index in [0.717, 1.165) is 29.3 Å². The van der Waals surface area contributed by atoms with Crippen LogP contribution in [0.1, 0.15) is 21.6 Å². The van der Waals surface area contributed by atoms with Gasteiger partial charge in [-0.2, -0.15) is 13.2 Å². The van der Waals surface area contributed by atoms with E-state index in [2.05, 4.69) is 10.3 Å². The number of anilines is 1. The van der Waals surface area contributed by atoms with Crippen molar-refractivity contribution in [2.24, 2.45) is 0 Å². The second-order valence-electron chi connectivity index (χ2n) is 6.41. The predicted octanol–water partition coefficient (Wildman–Crippen LogP) is 6.30. The van der Waals surface area contributed by atoms with Crippen molar-refractivity contribution in [3.05, 3.63) is 75.9 Å². The minimum absolute atomic E-state index is 0.0174. The lowest BCUT2D eigenvalue weighted by Gasteiger charge is -2.11. The van der Waals surface area contributed by atoms with Crippen LogP contribution < -0.4 is 5.32 Å². The second-order valence-corrected chi connectivity index (χ2v) is 7.66. The van der Waals surface area contributed by atoms with E-state index in [0.29, 0.717) is 10.7 Å². The molecule has 2 heterocycles. The summed E-state index contributed by atoms with van der Waals surface area (Å²) in [5, 5.41) is 4.07. The lowest BCUT2D eigenvalue weighted by molar-refractivity contribution is -0.137. The van der Waals surface area contributed by atoms with Gasteiger partial charge in [0.15, 0.2) is 4.96 Å². The fourth-order valence-electron chi connectivity index (χ4n) is 2.79. The fraction of sp³-hybridized carbons (Fsp3) is 0.100. The van der Waals surface area contributed by atoms with Gasteiger partial charge in [-0.1, -0.05) is 41.4 Å². The van der Waals surface area contributed by atoms with E-state index in [1.165, 1.54) is 11.3 Å². The average molecular weight is 436 g/mol. The van der Waals surface area contributed by atoms with Crippen LogP contribution >= 0.6 is 22.9 Å². The summed E-state index contributed by atoms with van der Waals surface area (Å²) in [4.78, 5) is 17.8. The number of nitrogens with one attached hydrogen (secondary N) is 1. The molecule has 0 radical (unpaired) electrons. The van der Waals surface area contributed by atoms with Gasteiger partial charge in [0, 0.05) is 17.1 Å². The highest BCUT2D eigenvalue weighted by atomic mass is 35.5. The van der Waals surface area contributed by atoms with Crippen LogP contribution in [0.5, 0.6) is 0 Å². The van der Waals surface area contributed by atoms with Crippen molar-refractivity contribution < 1.29 is 18.0 Å². The number of thiazole rings is 1. The quantitative estimate of drug-likeness (QED) is 0.410. The van der Waals surface area contributed by atoms with Gasteiger partial charge in [-0.25, -0.2) is 4.98 Å². The Labute approximate surface area is 172 Å². The highest BCUT2D eigenvalue weighted by Crippen LogP contribution is 2.34. The average Bonchev–Trinajstić information content (AvgIpc) is 3.23. The van der Waals surface area contributed by atoms with Crippen molar-refractivity contribution in [2.75, 3.05) is 5.32 Å². The highest BCUT2D eigenvalue weighted by Gasteiger charge is 2.31. The first kappa shape index (κ1) is 19.5. The van der Waals surface area contributed by atoms with Gasteiger partial charge < -0.3 is 5.32 Å². The topological polar surface area (TPSA) is 46.4 Å². The van der Waals surface area contributed by atoms with Gasteiger partial charge >= 0.3 is 6.18 Å². The Balaban J connectivity index is 1.65. The van der Waals surface area contributed by atoms with E-state index in [-0.39, 0.29) is 16.4 Å². The summed E-state index contributed by atoms with van der Waals surface area (Å²) >= 11 is 7.23. The first-order chi connectivity index (χ1) is 13.7. The van der Waals surface area contributed by atoms with Gasteiger partial charge in [-0.15, -0.1) is 11.3 Å². The molecule has 2 aromatic carbocycles. The molecule has 148 valence electrons. The molecule has 9 heteroatoms. The van der Waals surface area contributed by atoms with E-state index >= 15 is 0 Å². The van der Waals surface area contributed by atoms with Crippen LogP contribution in [0.15, 0.2) is 54.0 Å². The molecule has 0 bridgehead atoms. The molecule has 0 saturated carbocycles. The number of imidazole rings is 1. The normalized spacial score (nSPS) is 11.8. The number of carbonyl (C=O) groups is 1. The van der Waals surface area contributed by atoms with Gasteiger partial charge in [-0.3, -0.25) is 9.20 Å². The molecule has 0 aliphatic heterocycles. The Bertz CT molecular complexity index is 1210. The third-order valence-electron chi connectivity index (χ3n) is 4.33. The Morgan fingerprint density at radius 2 is 1.90 bits per heavy atom. The third-order valence-corrected chi connectivity index (χ3v) is 5.50. The molecule has 0 aliphatic rings. The Hall–Kier alpha value is -2.84. The van der Waals surface area contributed by atoms with Crippen molar-refractivity contribution >= 4 is 39.5 Å². The number of hydrogen-bond donors (Lipinski definition) is 1. The number of aryl methyl sites for hydroxylation is 1. The molecule has 0 spiro atoms. The first-order valence-corrected chi connectivity index (χ1v) is 9.70. The number of hydrogen-bond acceptors (Lipinski definition) is 3. The molecule has 1 N–H and O–H groups in total. The van der Waals surface area contributed by atoms with Crippen LogP contribution in [0, 0.1) is 6.92 Å². The number of rotatable bonds is 3. The number of fused-ring (bicyclic) bond motifs is 1. The molecule has 2 aromatic heterocycles. The summed E-state index contributed by atoms with van der Waals surface area (Å²) in [6, 6.07) is 10.6. The molecule has 0 fully saturated rings. The molecule has 0 unspecified atom stereocenters. The Morgan fingerprint density at radius 3 is 2.59 bits per heavy atom. The molecule has 4 nitrogen and oxygen atoms in total. The van der Waals surface area contributed by atoms with Gasteiger partial charge in [0.05, 0.1) is 22.0 Å². The minimum atomic E-state index is -4.53. The lowest BCUT2D eigenvalue weighted by Crippen LogP contribution is -2.15. The van der Waals surface area contributed by atoms with Crippen LogP contribution in [-0.2, 0) is 6.18 Å². The number of halogens is 4. The standard InChI is InChI=1S/C20H13ClF3N3OS/c1-11-2-4-12(5-3-11)16-9-27-17(10-29-19(27)26-16)18(28)25-15-8-13(20(22,23)24)6-7-14(15)21/h2-10H,1H3,(H,25,28). The largest absolute Gasteiger partial charge is 0.416 e. The van der Waals surface area contributed by atoms with Crippen LogP contribution in [0.25, 0.3) is 16.2 Å². The number of aromatic nitrogens is 2. The summed E-state index contributed by atoms with van der Waals surface area (Å²) in [6.07, 6.45) is -2.81. The van der Waals surface area contributed by atoms with E-state index < -0.39 is 17.6 Å². The molecule has 29 heavy (non-hydrogen) atoms. The van der Waals surface area contributed by atoms with Gasteiger partial charge in [0.2, 0.25) is 0 Å². The van der Waals surface area contributed by atoms with Gasteiger partial charge in [0.1, 0.15) is 5.69 Å². The van der Waals surface area contributed by atoms with E-state index in [1.54, 1.807) is 16.0 Å². The molecule has 0 saturated heterocycles. The Kier molecular flexibility index (Phi) is 4.84. The number of alkyl halides is 3. The third kappa shape index (κ3) is 3.86. The second kappa shape index (κ2) is 7.20.